The van der Waals surface area contributed by atoms with Crippen LogP contribution >= 0.6 is 23.1 Å². The fourth-order valence-corrected chi connectivity index (χ4v) is 4.47. The number of ether oxygens (including phenoxy) is 2. The number of ketones is 1. The van der Waals surface area contributed by atoms with Gasteiger partial charge in [-0.2, -0.15) is 0 Å². The molecular formula is C17H16N4O3S2. The summed E-state index contributed by atoms with van der Waals surface area (Å²) >= 11 is 2.63. The number of nitrogens with zero attached hydrogens (tertiary/aromatic N) is 3. The van der Waals surface area contributed by atoms with Crippen LogP contribution < -0.4 is 15.2 Å². The Bertz CT molecular complexity index is 996. The highest BCUT2D eigenvalue weighted by molar-refractivity contribution is 8.01. The van der Waals surface area contributed by atoms with E-state index in [0.717, 1.165) is 22.8 Å². The maximum Gasteiger partial charge on any atom is 0.231 e. The molecule has 2 N–H and O–H groups in total. The van der Waals surface area contributed by atoms with Gasteiger partial charge in [0, 0.05) is 28.7 Å². The summed E-state index contributed by atoms with van der Waals surface area (Å²) in [7, 11) is 0. The SMILES string of the molecule is Cc1cc(C(=O)CSc2nnc(N)s2)c(C)n1-c1ccc2c(c1)OCO2. The van der Waals surface area contributed by atoms with E-state index in [1.54, 1.807) is 0 Å². The number of anilines is 1. The van der Waals surface area contributed by atoms with Gasteiger partial charge in [0.25, 0.3) is 0 Å². The standard InChI is InChI=1S/C17H16N4O3S2/c1-9-5-12(13(22)7-25-17-20-19-16(18)26-17)10(2)21(9)11-3-4-14-15(6-11)24-8-23-14/h3-6H,7-8H2,1-2H3,(H2,18,19). The van der Waals surface area contributed by atoms with Crippen molar-refractivity contribution in [2.75, 3.05) is 18.3 Å². The number of thioether (sulfide) groups is 1. The number of Topliss-reactive ketones (excluding diaryl/α,β-unsaturated/α-hetero) is 1. The second-order valence-electron chi connectivity index (χ2n) is 5.78. The fraction of sp³-hybridized carbons (Fsp3) is 0.235. The first-order valence-corrected chi connectivity index (χ1v) is 9.67. The minimum absolute atomic E-state index is 0.0452. The highest BCUT2D eigenvalue weighted by atomic mass is 32.2. The Morgan fingerprint density at radius 2 is 2.08 bits per heavy atom. The fourth-order valence-electron chi connectivity index (χ4n) is 2.95. The van der Waals surface area contributed by atoms with Crippen LogP contribution in [0.1, 0.15) is 21.7 Å². The van der Waals surface area contributed by atoms with Crippen molar-refractivity contribution in [3.8, 4) is 17.2 Å². The topological polar surface area (TPSA) is 92.3 Å². The maximum atomic E-state index is 12.7. The number of nitrogen functional groups attached to an aromatic ring is 1. The van der Waals surface area contributed by atoms with Crippen molar-refractivity contribution >= 4 is 34.0 Å². The third-order valence-corrected chi connectivity index (χ3v) is 5.98. The summed E-state index contributed by atoms with van der Waals surface area (Å²) in [6, 6.07) is 7.68. The van der Waals surface area contributed by atoms with Gasteiger partial charge in [-0.3, -0.25) is 4.79 Å². The number of aromatic nitrogens is 3. The number of aryl methyl sites for hydroxylation is 1. The Labute approximate surface area is 158 Å². The molecule has 1 aliphatic rings. The zero-order chi connectivity index (χ0) is 18.3. The molecule has 3 heterocycles. The number of benzene rings is 1. The van der Waals surface area contributed by atoms with Crippen LogP contribution in [0.5, 0.6) is 11.5 Å². The molecule has 0 radical (unpaired) electrons. The summed E-state index contributed by atoms with van der Waals surface area (Å²) in [5.74, 6) is 1.79. The number of carbonyl (C=O) groups excluding carboxylic acids is 1. The Hall–Kier alpha value is -2.52. The highest BCUT2D eigenvalue weighted by Gasteiger charge is 2.20. The van der Waals surface area contributed by atoms with Crippen molar-refractivity contribution in [3.63, 3.8) is 0 Å². The molecule has 0 bridgehead atoms. The van der Waals surface area contributed by atoms with Gasteiger partial charge >= 0.3 is 0 Å². The summed E-state index contributed by atoms with van der Waals surface area (Å²) < 4.78 is 13.6. The molecule has 7 nitrogen and oxygen atoms in total. The van der Waals surface area contributed by atoms with E-state index in [-0.39, 0.29) is 12.6 Å². The number of rotatable bonds is 5. The lowest BCUT2D eigenvalue weighted by Crippen LogP contribution is -2.05. The number of hydrogen-bond donors (Lipinski definition) is 1. The Balaban J connectivity index is 1.59. The van der Waals surface area contributed by atoms with Gasteiger partial charge < -0.3 is 19.8 Å². The molecular weight excluding hydrogens is 372 g/mol. The predicted octanol–water partition coefficient (Wildman–Crippen LogP) is 3.23. The van der Waals surface area contributed by atoms with Gasteiger partial charge in [-0.25, -0.2) is 0 Å². The molecule has 1 aliphatic heterocycles. The first-order valence-electron chi connectivity index (χ1n) is 7.87. The van der Waals surface area contributed by atoms with Crippen molar-refractivity contribution in [2.45, 2.75) is 18.2 Å². The van der Waals surface area contributed by atoms with Crippen LogP contribution in [0.15, 0.2) is 28.6 Å². The van der Waals surface area contributed by atoms with Gasteiger partial charge in [-0.05, 0) is 32.0 Å². The van der Waals surface area contributed by atoms with Crippen LogP contribution in [0.25, 0.3) is 5.69 Å². The van der Waals surface area contributed by atoms with E-state index in [4.69, 9.17) is 15.2 Å². The van der Waals surface area contributed by atoms with Crippen LogP contribution in [-0.4, -0.2) is 33.1 Å². The Kier molecular flexibility index (Phi) is 4.33. The van der Waals surface area contributed by atoms with E-state index in [1.807, 2.05) is 42.7 Å². The quantitative estimate of drug-likeness (QED) is 0.530. The van der Waals surface area contributed by atoms with Gasteiger partial charge in [0.05, 0.1) is 5.75 Å². The van der Waals surface area contributed by atoms with Gasteiger partial charge in [-0.15, -0.1) is 10.2 Å². The summed E-state index contributed by atoms with van der Waals surface area (Å²) in [6.45, 7) is 4.16. The van der Waals surface area contributed by atoms with Crippen LogP contribution in [0.2, 0.25) is 0 Å². The van der Waals surface area contributed by atoms with Crippen molar-refractivity contribution in [2.24, 2.45) is 0 Å². The average Bonchev–Trinajstić information content (AvgIpc) is 3.31. The van der Waals surface area contributed by atoms with Crippen molar-refractivity contribution in [3.05, 3.63) is 41.2 Å². The number of hydrogen-bond acceptors (Lipinski definition) is 8. The molecule has 0 spiro atoms. The summed E-state index contributed by atoms with van der Waals surface area (Å²) in [5, 5.41) is 8.09. The van der Waals surface area contributed by atoms with Gasteiger partial charge in [-0.1, -0.05) is 23.1 Å². The summed E-state index contributed by atoms with van der Waals surface area (Å²) in [6.07, 6.45) is 0. The van der Waals surface area contributed by atoms with Crippen LogP contribution in [-0.2, 0) is 0 Å². The van der Waals surface area contributed by atoms with E-state index in [0.29, 0.717) is 26.5 Å². The molecule has 9 heteroatoms. The smallest absolute Gasteiger partial charge is 0.231 e. The third-order valence-electron chi connectivity index (χ3n) is 4.09. The molecule has 3 aromatic rings. The molecule has 2 aromatic heterocycles. The first kappa shape index (κ1) is 16.9. The third kappa shape index (κ3) is 3.04. The van der Waals surface area contributed by atoms with Gasteiger partial charge in [0.15, 0.2) is 21.6 Å². The zero-order valence-corrected chi connectivity index (χ0v) is 15.8. The number of carbonyl (C=O) groups is 1. The molecule has 0 saturated carbocycles. The van der Waals surface area contributed by atoms with Crippen LogP contribution in [0, 0.1) is 13.8 Å². The number of fused-ring (bicyclic) bond motifs is 1. The van der Waals surface area contributed by atoms with Gasteiger partial charge in [0.1, 0.15) is 0 Å². The average molecular weight is 388 g/mol. The van der Waals surface area contributed by atoms with Crippen molar-refractivity contribution in [1.29, 1.82) is 0 Å². The molecule has 1 aromatic carbocycles. The second-order valence-corrected chi connectivity index (χ2v) is 8.01. The minimum Gasteiger partial charge on any atom is -0.454 e. The zero-order valence-electron chi connectivity index (χ0n) is 14.2. The molecule has 4 rings (SSSR count). The molecule has 0 aliphatic carbocycles. The number of nitrogens with two attached hydrogens (primary N) is 1. The largest absolute Gasteiger partial charge is 0.454 e. The maximum absolute atomic E-state index is 12.7. The molecule has 0 saturated heterocycles. The van der Waals surface area contributed by atoms with Crippen LogP contribution in [0.3, 0.4) is 0 Å². The second kappa shape index (κ2) is 6.65. The van der Waals surface area contributed by atoms with Crippen molar-refractivity contribution < 1.29 is 14.3 Å². The Morgan fingerprint density at radius 3 is 2.85 bits per heavy atom. The van der Waals surface area contributed by atoms with E-state index in [1.165, 1.54) is 23.1 Å². The van der Waals surface area contributed by atoms with E-state index < -0.39 is 0 Å². The lowest BCUT2D eigenvalue weighted by Gasteiger charge is -2.10. The molecule has 0 unspecified atom stereocenters. The van der Waals surface area contributed by atoms with Crippen molar-refractivity contribution in [1.82, 2.24) is 14.8 Å². The molecule has 0 fully saturated rings. The lowest BCUT2D eigenvalue weighted by molar-refractivity contribution is 0.102. The molecule has 0 amide bonds. The lowest BCUT2D eigenvalue weighted by atomic mass is 10.2. The van der Waals surface area contributed by atoms with E-state index in [9.17, 15) is 4.79 Å². The molecule has 0 atom stereocenters. The summed E-state index contributed by atoms with van der Waals surface area (Å²) in [5.41, 5.74) is 9.08. The Morgan fingerprint density at radius 1 is 1.27 bits per heavy atom. The predicted molar refractivity (Wildman–Crippen MR) is 101 cm³/mol. The van der Waals surface area contributed by atoms with E-state index >= 15 is 0 Å². The monoisotopic (exact) mass is 388 g/mol. The first-order chi connectivity index (χ1) is 12.5. The van der Waals surface area contributed by atoms with Crippen LogP contribution in [0.4, 0.5) is 5.13 Å². The molecule has 26 heavy (non-hydrogen) atoms. The summed E-state index contributed by atoms with van der Waals surface area (Å²) in [4.78, 5) is 12.7. The molecule has 134 valence electrons. The van der Waals surface area contributed by atoms with E-state index in [2.05, 4.69) is 10.2 Å². The highest BCUT2D eigenvalue weighted by Crippen LogP contribution is 2.35. The minimum atomic E-state index is 0.0452. The van der Waals surface area contributed by atoms with Gasteiger partial charge in [0.2, 0.25) is 11.9 Å². The normalized spacial score (nSPS) is 12.5.